The van der Waals surface area contributed by atoms with Crippen LogP contribution in [0.25, 0.3) is 0 Å². The van der Waals surface area contributed by atoms with Gasteiger partial charge in [0.25, 0.3) is 0 Å². The van der Waals surface area contributed by atoms with Gasteiger partial charge in [0, 0.05) is 18.2 Å². The number of hydrogen-bond acceptors (Lipinski definition) is 3. The zero-order valence-electron chi connectivity index (χ0n) is 11.7. The molecule has 0 atom stereocenters. The van der Waals surface area contributed by atoms with Crippen molar-refractivity contribution in [2.45, 2.75) is 51.9 Å². The van der Waals surface area contributed by atoms with Crippen LogP contribution in [-0.2, 0) is 0 Å². The lowest BCUT2D eigenvalue weighted by Crippen LogP contribution is -2.09. The van der Waals surface area contributed by atoms with Crippen LogP contribution in [0.2, 0.25) is 0 Å². The van der Waals surface area contributed by atoms with E-state index in [1.165, 1.54) is 38.5 Å². The molecule has 3 heteroatoms. The van der Waals surface area contributed by atoms with Gasteiger partial charge >= 0.3 is 0 Å². The molecule has 1 aliphatic rings. The number of carbonyl (C=O) groups excluding carboxylic acids is 1. The molecular weight excluding hydrogens is 238 g/mol. The summed E-state index contributed by atoms with van der Waals surface area (Å²) < 4.78 is 5.39. The van der Waals surface area contributed by atoms with Crippen LogP contribution in [0.4, 0.5) is 0 Å². The first kappa shape index (κ1) is 14.0. The lowest BCUT2D eigenvalue weighted by Gasteiger charge is -2.13. The molecule has 19 heavy (non-hydrogen) atoms. The van der Waals surface area contributed by atoms with E-state index < -0.39 is 0 Å². The summed E-state index contributed by atoms with van der Waals surface area (Å²) in [5.41, 5.74) is 0.690. The average molecular weight is 261 g/mol. The summed E-state index contributed by atoms with van der Waals surface area (Å²) >= 11 is 0. The van der Waals surface area contributed by atoms with Gasteiger partial charge in [0.15, 0.2) is 5.78 Å². The van der Waals surface area contributed by atoms with Gasteiger partial charge in [0.2, 0.25) is 0 Å². The topological polar surface area (TPSA) is 39.2 Å². The standard InChI is InChI=1S/C16H23NO2/c1-2-19-15-10-14(11-17-12-15)16(18)9-13-7-5-3-4-6-8-13/h10-13H,2-9H2,1H3. The third kappa shape index (κ3) is 4.34. The average Bonchev–Trinajstić information content (AvgIpc) is 2.68. The second-order valence-electron chi connectivity index (χ2n) is 5.33. The number of Topliss-reactive ketones (excluding diaryl/α,β-unsaturated/α-hetero) is 1. The molecule has 3 nitrogen and oxygen atoms in total. The largest absolute Gasteiger partial charge is 0.492 e. The third-order valence-corrected chi connectivity index (χ3v) is 3.79. The van der Waals surface area contributed by atoms with Crippen molar-refractivity contribution in [1.29, 1.82) is 0 Å². The van der Waals surface area contributed by atoms with Crippen LogP contribution in [-0.4, -0.2) is 17.4 Å². The molecule has 1 heterocycles. The normalized spacial score (nSPS) is 16.9. The van der Waals surface area contributed by atoms with Crippen LogP contribution in [0, 0.1) is 5.92 Å². The molecule has 1 aliphatic carbocycles. The Labute approximate surface area is 115 Å². The van der Waals surface area contributed by atoms with Gasteiger partial charge in [-0.2, -0.15) is 0 Å². The maximum atomic E-state index is 12.3. The summed E-state index contributed by atoms with van der Waals surface area (Å²) in [6.45, 7) is 2.53. The van der Waals surface area contributed by atoms with Crippen LogP contribution in [0.5, 0.6) is 5.75 Å². The van der Waals surface area contributed by atoms with Crippen molar-refractivity contribution in [1.82, 2.24) is 4.98 Å². The highest BCUT2D eigenvalue weighted by molar-refractivity contribution is 5.96. The fraction of sp³-hybridized carbons (Fsp3) is 0.625. The van der Waals surface area contributed by atoms with Gasteiger partial charge in [-0.25, -0.2) is 0 Å². The number of pyridine rings is 1. The Morgan fingerprint density at radius 3 is 2.68 bits per heavy atom. The summed E-state index contributed by atoms with van der Waals surface area (Å²) in [7, 11) is 0. The first-order chi connectivity index (χ1) is 9.29. The molecule has 0 unspecified atom stereocenters. The van der Waals surface area contributed by atoms with Gasteiger partial charge in [-0.1, -0.05) is 38.5 Å². The summed E-state index contributed by atoms with van der Waals surface area (Å²) in [5.74, 6) is 1.46. The molecule has 0 spiro atoms. The minimum Gasteiger partial charge on any atom is -0.492 e. The van der Waals surface area contributed by atoms with E-state index in [-0.39, 0.29) is 5.78 Å². The van der Waals surface area contributed by atoms with Crippen LogP contribution < -0.4 is 4.74 Å². The Balaban J connectivity index is 1.96. The molecular formula is C16H23NO2. The molecule has 0 aromatic carbocycles. The molecule has 2 rings (SSSR count). The van der Waals surface area contributed by atoms with E-state index in [0.717, 1.165) is 0 Å². The monoisotopic (exact) mass is 261 g/mol. The van der Waals surface area contributed by atoms with Crippen LogP contribution in [0.3, 0.4) is 0 Å². The number of nitrogens with zero attached hydrogens (tertiary/aromatic N) is 1. The van der Waals surface area contributed by atoms with E-state index in [2.05, 4.69) is 4.98 Å². The Bertz CT molecular complexity index is 409. The Morgan fingerprint density at radius 1 is 1.26 bits per heavy atom. The second kappa shape index (κ2) is 7.27. The first-order valence-corrected chi connectivity index (χ1v) is 7.40. The maximum absolute atomic E-state index is 12.3. The molecule has 0 bridgehead atoms. The van der Waals surface area contributed by atoms with E-state index in [4.69, 9.17) is 4.74 Å². The SMILES string of the molecule is CCOc1cncc(C(=O)CC2CCCCCC2)c1. The molecule has 104 valence electrons. The van der Waals surface area contributed by atoms with Crippen LogP contribution in [0.1, 0.15) is 62.2 Å². The fourth-order valence-electron chi connectivity index (χ4n) is 2.77. The van der Waals surface area contributed by atoms with Crippen molar-refractivity contribution in [3.05, 3.63) is 24.0 Å². The lowest BCUT2D eigenvalue weighted by molar-refractivity contribution is 0.0956. The summed E-state index contributed by atoms with van der Waals surface area (Å²) in [6, 6.07) is 1.82. The van der Waals surface area contributed by atoms with Crippen molar-refractivity contribution in [3.8, 4) is 5.75 Å². The number of carbonyl (C=O) groups is 1. The van der Waals surface area contributed by atoms with E-state index in [0.29, 0.717) is 30.3 Å². The Kier molecular flexibility index (Phi) is 5.37. The van der Waals surface area contributed by atoms with Gasteiger partial charge in [0.05, 0.1) is 12.8 Å². The van der Waals surface area contributed by atoms with Gasteiger partial charge in [0.1, 0.15) is 5.75 Å². The molecule has 0 amide bonds. The van der Waals surface area contributed by atoms with E-state index in [1.54, 1.807) is 12.4 Å². The highest BCUT2D eigenvalue weighted by Gasteiger charge is 2.17. The second-order valence-corrected chi connectivity index (χ2v) is 5.33. The van der Waals surface area contributed by atoms with Gasteiger partial charge in [-0.15, -0.1) is 0 Å². The summed E-state index contributed by atoms with van der Waals surface area (Å²) in [5, 5.41) is 0. The third-order valence-electron chi connectivity index (χ3n) is 3.79. The number of aromatic nitrogens is 1. The predicted molar refractivity (Wildman–Crippen MR) is 75.5 cm³/mol. The molecule has 1 saturated carbocycles. The summed E-state index contributed by atoms with van der Waals surface area (Å²) in [6.07, 6.45) is 11.6. The number of ketones is 1. The molecule has 0 radical (unpaired) electrons. The molecule has 1 aromatic rings. The maximum Gasteiger partial charge on any atom is 0.164 e. The van der Waals surface area contributed by atoms with E-state index in [1.807, 2.05) is 13.0 Å². The van der Waals surface area contributed by atoms with Crippen molar-refractivity contribution < 1.29 is 9.53 Å². The van der Waals surface area contributed by atoms with E-state index >= 15 is 0 Å². The molecule has 0 aliphatic heterocycles. The minimum absolute atomic E-state index is 0.209. The zero-order chi connectivity index (χ0) is 13.5. The highest BCUT2D eigenvalue weighted by Crippen LogP contribution is 2.27. The number of hydrogen-bond donors (Lipinski definition) is 0. The summed E-state index contributed by atoms with van der Waals surface area (Å²) in [4.78, 5) is 16.4. The Hall–Kier alpha value is -1.38. The van der Waals surface area contributed by atoms with Crippen molar-refractivity contribution >= 4 is 5.78 Å². The first-order valence-electron chi connectivity index (χ1n) is 7.40. The molecule has 0 N–H and O–H groups in total. The highest BCUT2D eigenvalue weighted by atomic mass is 16.5. The van der Waals surface area contributed by atoms with Crippen molar-refractivity contribution in [3.63, 3.8) is 0 Å². The quantitative estimate of drug-likeness (QED) is 0.593. The molecule has 1 fully saturated rings. The fourth-order valence-corrected chi connectivity index (χ4v) is 2.77. The lowest BCUT2D eigenvalue weighted by atomic mass is 9.92. The van der Waals surface area contributed by atoms with Crippen molar-refractivity contribution in [2.24, 2.45) is 5.92 Å². The number of rotatable bonds is 5. The van der Waals surface area contributed by atoms with Gasteiger partial charge in [-0.3, -0.25) is 9.78 Å². The Morgan fingerprint density at radius 2 is 2.00 bits per heavy atom. The van der Waals surface area contributed by atoms with Crippen LogP contribution >= 0.6 is 0 Å². The van der Waals surface area contributed by atoms with E-state index in [9.17, 15) is 4.79 Å². The number of ether oxygens (including phenoxy) is 1. The molecule has 0 saturated heterocycles. The van der Waals surface area contributed by atoms with Gasteiger partial charge in [-0.05, 0) is 18.9 Å². The van der Waals surface area contributed by atoms with Crippen molar-refractivity contribution in [2.75, 3.05) is 6.61 Å². The minimum atomic E-state index is 0.209. The predicted octanol–water partition coefficient (Wildman–Crippen LogP) is 4.02. The molecule has 1 aromatic heterocycles. The van der Waals surface area contributed by atoms with Gasteiger partial charge < -0.3 is 4.74 Å². The van der Waals surface area contributed by atoms with Crippen LogP contribution in [0.15, 0.2) is 18.5 Å². The zero-order valence-corrected chi connectivity index (χ0v) is 11.7. The smallest absolute Gasteiger partial charge is 0.164 e.